The zero-order valence-corrected chi connectivity index (χ0v) is 11.0. The molecular formula is C14H18ClNO2. The van der Waals surface area contributed by atoms with Crippen LogP contribution in [-0.4, -0.2) is 17.6 Å². The zero-order chi connectivity index (χ0) is 13.0. The van der Waals surface area contributed by atoms with Crippen LogP contribution in [0.25, 0.3) is 0 Å². The molecule has 1 fully saturated rings. The Bertz CT molecular complexity index is 418. The van der Waals surface area contributed by atoms with Crippen molar-refractivity contribution in [1.29, 1.82) is 0 Å². The number of hydrogen-bond donors (Lipinski definition) is 2. The highest BCUT2D eigenvalue weighted by molar-refractivity contribution is 6.30. The number of carbonyl (C=O) groups excluding carboxylic acids is 1. The highest BCUT2D eigenvalue weighted by Crippen LogP contribution is 2.32. The Kier molecular flexibility index (Phi) is 4.61. The largest absolute Gasteiger partial charge is 0.388 e. The van der Waals surface area contributed by atoms with E-state index in [2.05, 4.69) is 5.32 Å². The van der Waals surface area contributed by atoms with Gasteiger partial charge in [-0.1, -0.05) is 23.7 Å². The van der Waals surface area contributed by atoms with Crippen LogP contribution in [0.1, 0.15) is 37.4 Å². The van der Waals surface area contributed by atoms with Gasteiger partial charge < -0.3 is 10.4 Å². The van der Waals surface area contributed by atoms with Crippen LogP contribution in [-0.2, 0) is 4.79 Å². The van der Waals surface area contributed by atoms with Crippen LogP contribution >= 0.6 is 11.6 Å². The molecule has 98 valence electrons. The van der Waals surface area contributed by atoms with Crippen LogP contribution in [0.5, 0.6) is 0 Å². The third kappa shape index (κ3) is 4.31. The molecule has 2 rings (SSSR count). The maximum atomic E-state index is 11.5. The van der Waals surface area contributed by atoms with E-state index in [0.717, 1.165) is 5.56 Å². The van der Waals surface area contributed by atoms with E-state index in [9.17, 15) is 9.90 Å². The molecular weight excluding hydrogens is 250 g/mol. The monoisotopic (exact) mass is 267 g/mol. The number of nitrogens with one attached hydrogen (secondary N) is 1. The lowest BCUT2D eigenvalue weighted by molar-refractivity contribution is -0.121. The molecule has 0 spiro atoms. The fraction of sp³-hybridized carbons (Fsp3) is 0.500. The van der Waals surface area contributed by atoms with Crippen LogP contribution in [0.15, 0.2) is 24.3 Å². The van der Waals surface area contributed by atoms with Gasteiger partial charge in [0.1, 0.15) is 0 Å². The second-order valence-corrected chi connectivity index (χ2v) is 5.29. The van der Waals surface area contributed by atoms with Crippen molar-refractivity contribution in [2.75, 3.05) is 6.54 Å². The maximum absolute atomic E-state index is 11.5. The summed E-state index contributed by atoms with van der Waals surface area (Å²) in [4.78, 5) is 11.5. The first-order valence-electron chi connectivity index (χ1n) is 6.35. The van der Waals surface area contributed by atoms with Gasteiger partial charge in [0.2, 0.25) is 5.91 Å². The number of aliphatic hydroxyl groups is 1. The summed E-state index contributed by atoms with van der Waals surface area (Å²) in [7, 11) is 0. The van der Waals surface area contributed by atoms with Crippen LogP contribution < -0.4 is 5.32 Å². The van der Waals surface area contributed by atoms with Crippen molar-refractivity contribution < 1.29 is 9.90 Å². The van der Waals surface area contributed by atoms with E-state index >= 15 is 0 Å². The van der Waals surface area contributed by atoms with Gasteiger partial charge in [-0.2, -0.15) is 0 Å². The van der Waals surface area contributed by atoms with Gasteiger partial charge in [-0.3, -0.25) is 4.79 Å². The lowest BCUT2D eigenvalue weighted by Gasteiger charge is -2.12. The van der Waals surface area contributed by atoms with Crippen molar-refractivity contribution >= 4 is 17.5 Å². The lowest BCUT2D eigenvalue weighted by atomic mass is 10.1. The average Bonchev–Trinajstić information content (AvgIpc) is 3.12. The molecule has 0 unspecified atom stereocenters. The molecule has 1 aliphatic carbocycles. The van der Waals surface area contributed by atoms with Gasteiger partial charge in [-0.25, -0.2) is 0 Å². The average molecular weight is 268 g/mol. The summed E-state index contributed by atoms with van der Waals surface area (Å²) in [5, 5.41) is 13.4. The Morgan fingerprint density at radius 3 is 2.94 bits per heavy atom. The first-order chi connectivity index (χ1) is 8.65. The Labute approximate surface area is 112 Å². The Hall–Kier alpha value is -1.06. The maximum Gasteiger partial charge on any atom is 0.220 e. The van der Waals surface area contributed by atoms with Crippen molar-refractivity contribution in [1.82, 2.24) is 5.32 Å². The minimum atomic E-state index is -0.579. The molecule has 1 aromatic rings. The van der Waals surface area contributed by atoms with Gasteiger partial charge in [0.15, 0.2) is 0 Å². The first kappa shape index (κ1) is 13.4. The summed E-state index contributed by atoms with van der Waals surface area (Å²) in [5.74, 6) is 0.693. The van der Waals surface area contributed by atoms with E-state index < -0.39 is 6.10 Å². The van der Waals surface area contributed by atoms with Gasteiger partial charge in [0, 0.05) is 18.0 Å². The van der Waals surface area contributed by atoms with Crippen LogP contribution in [0, 0.1) is 5.92 Å². The SMILES string of the molecule is O=C(CC1CC1)NCC[C@H](O)c1cccc(Cl)c1. The number of benzene rings is 1. The van der Waals surface area contributed by atoms with Crippen LogP contribution in [0.3, 0.4) is 0 Å². The number of halogens is 1. The lowest BCUT2D eigenvalue weighted by Crippen LogP contribution is -2.25. The molecule has 0 aromatic heterocycles. The summed E-state index contributed by atoms with van der Waals surface area (Å²) in [6.45, 7) is 0.499. The summed E-state index contributed by atoms with van der Waals surface area (Å²) in [5.41, 5.74) is 0.791. The summed E-state index contributed by atoms with van der Waals surface area (Å²) >= 11 is 5.86. The van der Waals surface area contributed by atoms with E-state index in [0.29, 0.717) is 30.3 Å². The van der Waals surface area contributed by atoms with Crippen molar-refractivity contribution in [3.63, 3.8) is 0 Å². The smallest absolute Gasteiger partial charge is 0.220 e. The van der Waals surface area contributed by atoms with E-state index in [1.807, 2.05) is 12.1 Å². The molecule has 0 saturated heterocycles. The topological polar surface area (TPSA) is 49.3 Å². The van der Waals surface area contributed by atoms with Crippen molar-refractivity contribution in [3.8, 4) is 0 Å². The third-order valence-corrected chi connectivity index (χ3v) is 3.38. The second-order valence-electron chi connectivity index (χ2n) is 4.86. The van der Waals surface area contributed by atoms with Gasteiger partial charge in [0.25, 0.3) is 0 Å². The molecule has 0 bridgehead atoms. The predicted molar refractivity (Wildman–Crippen MR) is 71.4 cm³/mol. The summed E-state index contributed by atoms with van der Waals surface area (Å²) in [6.07, 6.45) is 2.92. The molecule has 4 heteroatoms. The minimum Gasteiger partial charge on any atom is -0.388 e. The fourth-order valence-electron chi connectivity index (χ4n) is 1.89. The molecule has 0 radical (unpaired) electrons. The molecule has 3 nitrogen and oxygen atoms in total. The van der Waals surface area contributed by atoms with E-state index in [1.54, 1.807) is 12.1 Å². The highest BCUT2D eigenvalue weighted by atomic mass is 35.5. The number of carbonyl (C=O) groups is 1. The molecule has 1 aromatic carbocycles. The number of aliphatic hydroxyl groups excluding tert-OH is 1. The van der Waals surface area contributed by atoms with Crippen LogP contribution in [0.4, 0.5) is 0 Å². The molecule has 18 heavy (non-hydrogen) atoms. The molecule has 0 heterocycles. The predicted octanol–water partition coefficient (Wildman–Crippen LogP) is 2.68. The van der Waals surface area contributed by atoms with Gasteiger partial charge in [0.05, 0.1) is 6.10 Å². The summed E-state index contributed by atoms with van der Waals surface area (Å²) in [6, 6.07) is 7.17. The molecule has 1 amide bonds. The normalized spacial score (nSPS) is 16.3. The highest BCUT2D eigenvalue weighted by Gasteiger charge is 2.24. The number of rotatable bonds is 6. The molecule has 1 saturated carbocycles. The Balaban J connectivity index is 1.70. The molecule has 1 aliphatic rings. The van der Waals surface area contributed by atoms with Crippen LogP contribution in [0.2, 0.25) is 5.02 Å². The van der Waals surface area contributed by atoms with Gasteiger partial charge >= 0.3 is 0 Å². The standard InChI is InChI=1S/C14H18ClNO2/c15-12-3-1-2-11(9-12)13(17)6-7-16-14(18)8-10-4-5-10/h1-3,9-10,13,17H,4-8H2,(H,16,18)/t13-/m0/s1. The van der Waals surface area contributed by atoms with Gasteiger partial charge in [-0.05, 0) is 42.9 Å². The fourth-order valence-corrected chi connectivity index (χ4v) is 2.08. The van der Waals surface area contributed by atoms with Gasteiger partial charge in [-0.15, -0.1) is 0 Å². The van der Waals surface area contributed by atoms with E-state index in [1.165, 1.54) is 12.8 Å². The van der Waals surface area contributed by atoms with Crippen molar-refractivity contribution in [2.24, 2.45) is 5.92 Å². The number of amides is 1. The quantitative estimate of drug-likeness (QED) is 0.833. The minimum absolute atomic E-state index is 0.0933. The van der Waals surface area contributed by atoms with Crippen molar-refractivity contribution in [3.05, 3.63) is 34.9 Å². The summed E-state index contributed by atoms with van der Waals surface area (Å²) < 4.78 is 0. The third-order valence-electron chi connectivity index (χ3n) is 3.14. The second kappa shape index (κ2) is 6.21. The molecule has 2 N–H and O–H groups in total. The zero-order valence-electron chi connectivity index (χ0n) is 10.2. The Morgan fingerprint density at radius 2 is 2.28 bits per heavy atom. The first-order valence-corrected chi connectivity index (χ1v) is 6.73. The number of hydrogen-bond acceptors (Lipinski definition) is 2. The Morgan fingerprint density at radius 1 is 1.50 bits per heavy atom. The molecule has 1 atom stereocenters. The van der Waals surface area contributed by atoms with E-state index in [-0.39, 0.29) is 5.91 Å². The van der Waals surface area contributed by atoms with E-state index in [4.69, 9.17) is 11.6 Å². The molecule has 0 aliphatic heterocycles. The van der Waals surface area contributed by atoms with Crippen molar-refractivity contribution in [2.45, 2.75) is 31.8 Å².